The zero-order valence-electron chi connectivity index (χ0n) is 12.8. The summed E-state index contributed by atoms with van der Waals surface area (Å²) in [7, 11) is 0. The van der Waals surface area contributed by atoms with Crippen LogP contribution in [-0.4, -0.2) is 30.2 Å². The molecule has 0 aliphatic carbocycles. The van der Waals surface area contributed by atoms with Crippen LogP contribution in [0.2, 0.25) is 0 Å². The summed E-state index contributed by atoms with van der Waals surface area (Å²) in [5, 5.41) is 7.72. The summed E-state index contributed by atoms with van der Waals surface area (Å²) in [5.74, 6) is -0.00861. The van der Waals surface area contributed by atoms with E-state index >= 15 is 0 Å². The van der Waals surface area contributed by atoms with Crippen molar-refractivity contribution in [3.63, 3.8) is 0 Å². The number of hydrogen-bond donors (Lipinski definition) is 2. The molecule has 2 aromatic carbocycles. The van der Waals surface area contributed by atoms with Crippen molar-refractivity contribution in [3.8, 4) is 0 Å². The Morgan fingerprint density at radius 2 is 1.86 bits per heavy atom. The summed E-state index contributed by atoms with van der Waals surface area (Å²) < 4.78 is 0. The van der Waals surface area contributed by atoms with E-state index in [1.165, 1.54) is 17.1 Å². The number of carbonyl (C=O) groups is 2. The predicted octanol–water partition coefficient (Wildman–Crippen LogP) is 2.57. The standard InChI is InChI=1S/C17H20N2O2S/c1-3-18-17(21)12(2)19-16(20)11-22-15-9-8-13-6-4-5-7-14(13)10-15/h4-10,12H,3,11H2,1-2H3,(H,18,21)(H,19,20)/t12-/m0/s1. The molecule has 0 bridgehead atoms. The molecule has 0 unspecified atom stereocenters. The Bertz CT molecular complexity index is 673. The number of hydrogen-bond acceptors (Lipinski definition) is 3. The van der Waals surface area contributed by atoms with Crippen molar-refractivity contribution in [1.82, 2.24) is 10.6 Å². The third-order valence-electron chi connectivity index (χ3n) is 3.21. The first kappa shape index (κ1) is 16.4. The van der Waals surface area contributed by atoms with Gasteiger partial charge in [-0.2, -0.15) is 0 Å². The van der Waals surface area contributed by atoms with Crippen LogP contribution in [0.3, 0.4) is 0 Å². The van der Waals surface area contributed by atoms with Gasteiger partial charge in [-0.05, 0) is 36.8 Å². The van der Waals surface area contributed by atoms with E-state index in [1.54, 1.807) is 6.92 Å². The normalized spacial score (nSPS) is 11.9. The van der Waals surface area contributed by atoms with Gasteiger partial charge in [0.05, 0.1) is 5.75 Å². The molecule has 0 radical (unpaired) electrons. The number of rotatable bonds is 6. The quantitative estimate of drug-likeness (QED) is 0.805. The number of amides is 2. The van der Waals surface area contributed by atoms with Crippen LogP contribution in [0.1, 0.15) is 13.8 Å². The second kappa shape index (κ2) is 7.84. The topological polar surface area (TPSA) is 58.2 Å². The number of nitrogens with one attached hydrogen (secondary N) is 2. The maximum absolute atomic E-state index is 11.9. The minimum absolute atomic E-state index is 0.142. The highest BCUT2D eigenvalue weighted by Crippen LogP contribution is 2.23. The molecule has 4 nitrogen and oxygen atoms in total. The van der Waals surface area contributed by atoms with E-state index in [4.69, 9.17) is 0 Å². The van der Waals surface area contributed by atoms with Crippen LogP contribution in [-0.2, 0) is 9.59 Å². The molecular formula is C17H20N2O2S. The third kappa shape index (κ3) is 4.49. The highest BCUT2D eigenvalue weighted by molar-refractivity contribution is 8.00. The lowest BCUT2D eigenvalue weighted by molar-refractivity contribution is -0.127. The highest BCUT2D eigenvalue weighted by Gasteiger charge is 2.14. The van der Waals surface area contributed by atoms with E-state index in [2.05, 4.69) is 28.8 Å². The largest absolute Gasteiger partial charge is 0.355 e. The molecule has 2 amide bonds. The molecule has 0 aliphatic rings. The second-order valence-corrected chi connectivity index (χ2v) is 6.03. The van der Waals surface area contributed by atoms with Gasteiger partial charge >= 0.3 is 0 Å². The summed E-state index contributed by atoms with van der Waals surface area (Å²) in [4.78, 5) is 24.5. The van der Waals surface area contributed by atoms with Gasteiger partial charge in [-0.15, -0.1) is 11.8 Å². The van der Waals surface area contributed by atoms with Crippen LogP contribution in [0.25, 0.3) is 10.8 Å². The van der Waals surface area contributed by atoms with Crippen molar-refractivity contribution in [3.05, 3.63) is 42.5 Å². The first-order valence-electron chi connectivity index (χ1n) is 7.29. The number of benzene rings is 2. The predicted molar refractivity (Wildman–Crippen MR) is 91.0 cm³/mol. The minimum atomic E-state index is -0.510. The molecule has 0 heterocycles. The maximum Gasteiger partial charge on any atom is 0.242 e. The molecule has 22 heavy (non-hydrogen) atoms. The number of fused-ring (bicyclic) bond motifs is 1. The number of carbonyl (C=O) groups excluding carboxylic acids is 2. The zero-order chi connectivity index (χ0) is 15.9. The highest BCUT2D eigenvalue weighted by atomic mass is 32.2. The number of likely N-dealkylation sites (N-methyl/N-ethyl adjacent to an activating group) is 1. The van der Waals surface area contributed by atoms with Crippen LogP contribution >= 0.6 is 11.8 Å². The molecular weight excluding hydrogens is 296 g/mol. The lowest BCUT2D eigenvalue weighted by Crippen LogP contribution is -2.45. The fraction of sp³-hybridized carbons (Fsp3) is 0.294. The fourth-order valence-electron chi connectivity index (χ4n) is 2.08. The Hall–Kier alpha value is -2.01. The van der Waals surface area contributed by atoms with E-state index in [-0.39, 0.29) is 11.8 Å². The van der Waals surface area contributed by atoms with Gasteiger partial charge in [-0.1, -0.05) is 30.3 Å². The Kier molecular flexibility index (Phi) is 5.83. The summed E-state index contributed by atoms with van der Waals surface area (Å²) in [5.41, 5.74) is 0. The van der Waals surface area contributed by atoms with Gasteiger partial charge in [0, 0.05) is 11.4 Å². The molecule has 2 N–H and O–H groups in total. The molecule has 0 aliphatic heterocycles. The summed E-state index contributed by atoms with van der Waals surface area (Å²) in [6.45, 7) is 4.09. The van der Waals surface area contributed by atoms with E-state index in [1.807, 2.05) is 31.2 Å². The van der Waals surface area contributed by atoms with Gasteiger partial charge in [-0.25, -0.2) is 0 Å². The second-order valence-electron chi connectivity index (χ2n) is 4.98. The summed E-state index contributed by atoms with van der Waals surface area (Å²) in [6, 6.07) is 13.7. The van der Waals surface area contributed by atoms with Gasteiger partial charge in [0.25, 0.3) is 0 Å². The van der Waals surface area contributed by atoms with Crippen LogP contribution in [0, 0.1) is 0 Å². The van der Waals surface area contributed by atoms with Crippen molar-refractivity contribution in [1.29, 1.82) is 0 Å². The van der Waals surface area contributed by atoms with Gasteiger partial charge < -0.3 is 10.6 Å². The smallest absolute Gasteiger partial charge is 0.242 e. The van der Waals surface area contributed by atoms with Crippen LogP contribution in [0.5, 0.6) is 0 Å². The van der Waals surface area contributed by atoms with Gasteiger partial charge in [0.1, 0.15) is 6.04 Å². The lowest BCUT2D eigenvalue weighted by Gasteiger charge is -2.13. The first-order valence-corrected chi connectivity index (χ1v) is 8.27. The van der Waals surface area contributed by atoms with Crippen LogP contribution in [0.15, 0.2) is 47.4 Å². The molecule has 0 aromatic heterocycles. The van der Waals surface area contributed by atoms with Gasteiger partial charge in [0.2, 0.25) is 11.8 Å². The number of thioether (sulfide) groups is 1. The average molecular weight is 316 g/mol. The van der Waals surface area contributed by atoms with Crippen molar-refractivity contribution in [2.45, 2.75) is 24.8 Å². The molecule has 0 saturated carbocycles. The molecule has 116 valence electrons. The zero-order valence-corrected chi connectivity index (χ0v) is 13.6. The Morgan fingerprint density at radius 1 is 1.14 bits per heavy atom. The van der Waals surface area contributed by atoms with Crippen LogP contribution < -0.4 is 10.6 Å². The van der Waals surface area contributed by atoms with Crippen molar-refractivity contribution >= 4 is 34.3 Å². The fourth-order valence-corrected chi connectivity index (χ4v) is 2.84. The Labute approximate surface area is 134 Å². The van der Waals surface area contributed by atoms with E-state index in [0.29, 0.717) is 12.3 Å². The first-order chi connectivity index (χ1) is 10.6. The maximum atomic E-state index is 11.9. The van der Waals surface area contributed by atoms with Crippen molar-refractivity contribution in [2.75, 3.05) is 12.3 Å². The molecule has 5 heteroatoms. The SMILES string of the molecule is CCNC(=O)[C@H](C)NC(=O)CSc1ccc2ccccc2c1. The molecule has 0 fully saturated rings. The molecule has 0 spiro atoms. The molecule has 0 saturated heterocycles. The van der Waals surface area contributed by atoms with Crippen molar-refractivity contribution in [2.24, 2.45) is 0 Å². The van der Waals surface area contributed by atoms with Crippen molar-refractivity contribution < 1.29 is 9.59 Å². The van der Waals surface area contributed by atoms with E-state index < -0.39 is 6.04 Å². The van der Waals surface area contributed by atoms with Gasteiger partial charge in [0.15, 0.2) is 0 Å². The lowest BCUT2D eigenvalue weighted by atomic mass is 10.1. The molecule has 1 atom stereocenters. The minimum Gasteiger partial charge on any atom is -0.355 e. The van der Waals surface area contributed by atoms with Gasteiger partial charge in [-0.3, -0.25) is 9.59 Å². The molecule has 2 rings (SSSR count). The molecule has 2 aromatic rings. The third-order valence-corrected chi connectivity index (χ3v) is 4.21. The Balaban J connectivity index is 1.88. The average Bonchev–Trinajstić information content (AvgIpc) is 2.53. The summed E-state index contributed by atoms with van der Waals surface area (Å²) >= 11 is 1.47. The van der Waals surface area contributed by atoms with E-state index in [0.717, 1.165) is 10.3 Å². The monoisotopic (exact) mass is 316 g/mol. The summed E-state index contributed by atoms with van der Waals surface area (Å²) in [6.07, 6.45) is 0. The van der Waals surface area contributed by atoms with E-state index in [9.17, 15) is 9.59 Å². The van der Waals surface area contributed by atoms with Crippen LogP contribution in [0.4, 0.5) is 0 Å². The Morgan fingerprint density at radius 3 is 2.59 bits per heavy atom.